The molecule has 0 aliphatic carbocycles. The number of ether oxygens (including phenoxy) is 1. The Morgan fingerprint density at radius 3 is 2.53 bits per heavy atom. The number of rotatable bonds is 5. The third-order valence-electron chi connectivity index (χ3n) is 5.01. The minimum Gasteiger partial charge on any atom is -0.437 e. The van der Waals surface area contributed by atoms with E-state index in [-0.39, 0.29) is 0 Å². The summed E-state index contributed by atoms with van der Waals surface area (Å²) in [5.41, 5.74) is 5.28. The van der Waals surface area contributed by atoms with Crippen LogP contribution in [0.1, 0.15) is 34.4 Å². The molecule has 0 spiro atoms. The van der Waals surface area contributed by atoms with Crippen molar-refractivity contribution in [1.82, 2.24) is 9.97 Å². The van der Waals surface area contributed by atoms with E-state index in [1.54, 1.807) is 30.0 Å². The molecular formula is C25H21N5OS. The molecule has 2 aromatic carbocycles. The van der Waals surface area contributed by atoms with Crippen LogP contribution in [0, 0.1) is 36.5 Å². The number of nitrogens with one attached hydrogen (secondary N) is 1. The largest absolute Gasteiger partial charge is 0.437 e. The third kappa shape index (κ3) is 4.74. The van der Waals surface area contributed by atoms with Crippen LogP contribution in [0.2, 0.25) is 0 Å². The second kappa shape index (κ2) is 9.55. The molecule has 0 saturated heterocycles. The van der Waals surface area contributed by atoms with Crippen LogP contribution < -0.4 is 10.1 Å². The van der Waals surface area contributed by atoms with Crippen LogP contribution >= 0.6 is 11.8 Å². The van der Waals surface area contributed by atoms with Gasteiger partial charge < -0.3 is 10.1 Å². The van der Waals surface area contributed by atoms with Crippen molar-refractivity contribution < 1.29 is 4.74 Å². The zero-order chi connectivity index (χ0) is 22.5. The zero-order valence-corrected chi connectivity index (χ0v) is 18.7. The van der Waals surface area contributed by atoms with Gasteiger partial charge in [0.1, 0.15) is 5.75 Å². The smallest absolute Gasteiger partial charge is 0.238 e. The number of nitriles is 2. The van der Waals surface area contributed by atoms with Gasteiger partial charge in [-0.2, -0.15) is 15.5 Å². The Kier molecular flexibility index (Phi) is 6.39. The summed E-state index contributed by atoms with van der Waals surface area (Å²) < 4.78 is 6.37. The minimum absolute atomic E-state index is 0.467. The highest BCUT2D eigenvalue weighted by Crippen LogP contribution is 2.40. The Morgan fingerprint density at radius 2 is 1.84 bits per heavy atom. The Morgan fingerprint density at radius 1 is 1.09 bits per heavy atom. The molecule has 0 amide bonds. The predicted molar refractivity (Wildman–Crippen MR) is 126 cm³/mol. The first-order chi connectivity index (χ1) is 15.6. The quantitative estimate of drug-likeness (QED) is 0.482. The second-order valence-corrected chi connectivity index (χ2v) is 8.55. The predicted octanol–water partition coefficient (Wildman–Crippen LogP) is 6.08. The standard InChI is InChI=1S/C25H21N5OS/c1-16-13-19(5-3-11-26)14-17(2)22(16)31-24-23-21(6-4-12-32-23)29-25(30-24)28-20-9-7-18(15-27)8-10-20/h3,5,7-10,13-14H,4,6,12H2,1-2H3,(H,28,29,30)/b5-3+. The fourth-order valence-corrected chi connectivity index (χ4v) is 4.57. The van der Waals surface area contributed by atoms with E-state index in [0.717, 1.165) is 57.3 Å². The number of aryl methyl sites for hydroxylation is 3. The SMILES string of the molecule is Cc1cc(/C=C/C#N)cc(C)c1Oc1nc(Nc2ccc(C#N)cc2)nc2c1SCCC2. The van der Waals surface area contributed by atoms with Crippen LogP contribution in [0.15, 0.2) is 47.4 Å². The highest BCUT2D eigenvalue weighted by molar-refractivity contribution is 7.99. The molecule has 4 rings (SSSR count). The average molecular weight is 440 g/mol. The van der Waals surface area contributed by atoms with Gasteiger partial charge in [0, 0.05) is 11.8 Å². The van der Waals surface area contributed by atoms with Crippen LogP contribution in [0.5, 0.6) is 11.6 Å². The van der Waals surface area contributed by atoms with E-state index in [2.05, 4.69) is 16.4 Å². The molecule has 2 heterocycles. The van der Waals surface area contributed by atoms with E-state index in [4.69, 9.17) is 20.2 Å². The molecule has 0 bridgehead atoms. The number of hydrogen-bond acceptors (Lipinski definition) is 7. The van der Waals surface area contributed by atoms with E-state index in [1.165, 1.54) is 6.08 Å². The summed E-state index contributed by atoms with van der Waals surface area (Å²) in [6, 6.07) is 15.3. The van der Waals surface area contributed by atoms with E-state index < -0.39 is 0 Å². The maximum atomic E-state index is 9.00. The number of allylic oxidation sites excluding steroid dienone is 1. The lowest BCUT2D eigenvalue weighted by molar-refractivity contribution is 0.440. The van der Waals surface area contributed by atoms with E-state index in [9.17, 15) is 0 Å². The molecule has 32 heavy (non-hydrogen) atoms. The fraction of sp³-hybridized carbons (Fsp3) is 0.200. The first-order valence-electron chi connectivity index (χ1n) is 10.2. The molecule has 0 atom stereocenters. The average Bonchev–Trinajstić information content (AvgIpc) is 2.80. The van der Waals surface area contributed by atoms with Gasteiger partial charge in [0.25, 0.3) is 0 Å². The zero-order valence-electron chi connectivity index (χ0n) is 17.8. The second-order valence-electron chi connectivity index (χ2n) is 7.44. The Bertz CT molecular complexity index is 1250. The summed E-state index contributed by atoms with van der Waals surface area (Å²) in [7, 11) is 0. The Balaban J connectivity index is 1.69. The van der Waals surface area contributed by atoms with E-state index in [0.29, 0.717) is 17.4 Å². The lowest BCUT2D eigenvalue weighted by atomic mass is 10.1. The van der Waals surface area contributed by atoms with Crippen molar-refractivity contribution in [2.45, 2.75) is 31.6 Å². The van der Waals surface area contributed by atoms with Gasteiger partial charge in [0.2, 0.25) is 11.8 Å². The molecule has 0 unspecified atom stereocenters. The molecule has 7 heteroatoms. The topological polar surface area (TPSA) is 94.6 Å². The van der Waals surface area contributed by atoms with Gasteiger partial charge in [-0.3, -0.25) is 0 Å². The number of nitrogens with zero attached hydrogens (tertiary/aromatic N) is 4. The van der Waals surface area contributed by atoms with Crippen LogP contribution in [0.3, 0.4) is 0 Å². The van der Waals surface area contributed by atoms with Crippen molar-refractivity contribution in [2.75, 3.05) is 11.1 Å². The van der Waals surface area contributed by atoms with Crippen molar-refractivity contribution >= 4 is 29.5 Å². The summed E-state index contributed by atoms with van der Waals surface area (Å²) in [4.78, 5) is 10.4. The fourth-order valence-electron chi connectivity index (χ4n) is 3.56. The third-order valence-corrected chi connectivity index (χ3v) is 6.20. The molecule has 158 valence electrons. The monoisotopic (exact) mass is 439 g/mol. The number of thioether (sulfide) groups is 1. The molecule has 3 aromatic rings. The van der Waals surface area contributed by atoms with Crippen molar-refractivity contribution in [3.63, 3.8) is 0 Å². The molecular weight excluding hydrogens is 418 g/mol. The highest BCUT2D eigenvalue weighted by atomic mass is 32.2. The van der Waals surface area contributed by atoms with Crippen molar-refractivity contribution in [1.29, 1.82) is 10.5 Å². The molecule has 1 N–H and O–H groups in total. The summed E-state index contributed by atoms with van der Waals surface area (Å²) in [6.45, 7) is 3.98. The summed E-state index contributed by atoms with van der Waals surface area (Å²) >= 11 is 1.72. The molecule has 0 radical (unpaired) electrons. The van der Waals surface area contributed by atoms with Crippen LogP contribution in [-0.2, 0) is 6.42 Å². The Hall–Kier alpha value is -3.81. The number of benzene rings is 2. The first-order valence-corrected chi connectivity index (χ1v) is 11.2. The van der Waals surface area contributed by atoms with Gasteiger partial charge in [0.05, 0.1) is 28.3 Å². The van der Waals surface area contributed by atoms with Crippen LogP contribution in [-0.4, -0.2) is 15.7 Å². The Labute approximate surface area is 191 Å². The lowest BCUT2D eigenvalue weighted by Gasteiger charge is -2.20. The van der Waals surface area contributed by atoms with Gasteiger partial charge in [-0.05, 0) is 91.6 Å². The maximum Gasteiger partial charge on any atom is 0.238 e. The van der Waals surface area contributed by atoms with Gasteiger partial charge in [-0.1, -0.05) is 0 Å². The molecule has 6 nitrogen and oxygen atoms in total. The molecule has 0 saturated carbocycles. The van der Waals surface area contributed by atoms with Crippen molar-refractivity contribution in [2.24, 2.45) is 0 Å². The number of hydrogen-bond donors (Lipinski definition) is 1. The van der Waals surface area contributed by atoms with Crippen LogP contribution in [0.4, 0.5) is 11.6 Å². The number of fused-ring (bicyclic) bond motifs is 1. The first kappa shape index (κ1) is 21.4. The van der Waals surface area contributed by atoms with Crippen molar-refractivity contribution in [3.05, 3.63) is 70.4 Å². The number of aromatic nitrogens is 2. The molecule has 1 aliphatic rings. The van der Waals surface area contributed by atoms with Gasteiger partial charge in [0.15, 0.2) is 0 Å². The van der Waals surface area contributed by atoms with Gasteiger partial charge in [-0.15, -0.1) is 11.8 Å². The molecule has 1 aliphatic heterocycles. The molecule has 0 fully saturated rings. The van der Waals surface area contributed by atoms with Crippen molar-refractivity contribution in [3.8, 4) is 23.8 Å². The summed E-state index contributed by atoms with van der Waals surface area (Å²) in [6.07, 6.45) is 5.18. The normalized spacial score (nSPS) is 12.6. The van der Waals surface area contributed by atoms with Gasteiger partial charge >= 0.3 is 0 Å². The number of anilines is 2. The van der Waals surface area contributed by atoms with E-state index in [1.807, 2.05) is 44.2 Å². The lowest BCUT2D eigenvalue weighted by Crippen LogP contribution is -2.09. The molecule has 1 aromatic heterocycles. The highest BCUT2D eigenvalue weighted by Gasteiger charge is 2.21. The minimum atomic E-state index is 0.467. The maximum absolute atomic E-state index is 9.00. The van der Waals surface area contributed by atoms with E-state index >= 15 is 0 Å². The summed E-state index contributed by atoms with van der Waals surface area (Å²) in [5.74, 6) is 2.78. The summed E-state index contributed by atoms with van der Waals surface area (Å²) in [5, 5.41) is 21.0. The van der Waals surface area contributed by atoms with Gasteiger partial charge in [-0.25, -0.2) is 4.98 Å². The van der Waals surface area contributed by atoms with Crippen LogP contribution in [0.25, 0.3) is 6.08 Å².